The lowest BCUT2D eigenvalue weighted by molar-refractivity contribution is 0.112. The molecule has 0 bridgehead atoms. The van der Waals surface area contributed by atoms with Crippen LogP contribution in [0, 0.1) is 0 Å². The van der Waals surface area contributed by atoms with E-state index in [2.05, 4.69) is 71.5 Å². The highest BCUT2D eigenvalue weighted by molar-refractivity contribution is 7.41. The molecule has 1 aliphatic rings. The normalized spacial score (nSPS) is 23.8. The molecule has 24 heavy (non-hydrogen) atoms. The van der Waals surface area contributed by atoms with Crippen molar-refractivity contribution in [2.45, 2.75) is 90.5 Å². The van der Waals surface area contributed by atoms with Crippen LogP contribution >= 0.6 is 0 Å². The van der Waals surface area contributed by atoms with Gasteiger partial charge in [-0.2, -0.15) is 0 Å². The summed E-state index contributed by atoms with van der Waals surface area (Å²) < 4.78 is 12.0. The molecule has 0 aromatic carbocycles. The topological polar surface area (TPSA) is 18.5 Å². The fourth-order valence-electron chi connectivity index (χ4n) is 3.43. The van der Waals surface area contributed by atoms with Gasteiger partial charge in [0.2, 0.25) is 8.32 Å². The summed E-state index contributed by atoms with van der Waals surface area (Å²) in [6.07, 6.45) is 8.31. The van der Waals surface area contributed by atoms with E-state index in [4.69, 9.17) is 9.16 Å². The lowest BCUT2D eigenvalue weighted by Gasteiger charge is -2.52. The average molecular weight is 385 g/mol. The SMILES string of the molecule is CCO/C(=C\C1=CCCC(C)([Si](C)(C)[Si](C)(C)C)C1)O[Si](C)(C)C. The van der Waals surface area contributed by atoms with Gasteiger partial charge in [-0.15, -0.1) is 0 Å². The molecule has 5 heteroatoms. The van der Waals surface area contributed by atoms with Crippen molar-refractivity contribution < 1.29 is 9.16 Å². The molecule has 0 saturated carbocycles. The minimum atomic E-state index is -1.65. The van der Waals surface area contributed by atoms with E-state index in [9.17, 15) is 0 Å². The van der Waals surface area contributed by atoms with Crippen molar-refractivity contribution in [3.05, 3.63) is 23.7 Å². The number of allylic oxidation sites excluding steroid dienone is 3. The van der Waals surface area contributed by atoms with Crippen LogP contribution in [-0.4, -0.2) is 30.1 Å². The van der Waals surface area contributed by atoms with Crippen LogP contribution in [0.2, 0.25) is 57.4 Å². The van der Waals surface area contributed by atoms with Gasteiger partial charge in [-0.3, -0.25) is 0 Å². The second kappa shape index (κ2) is 7.54. The zero-order valence-corrected chi connectivity index (χ0v) is 20.8. The average Bonchev–Trinajstić information content (AvgIpc) is 2.35. The Morgan fingerprint density at radius 3 is 2.17 bits per heavy atom. The van der Waals surface area contributed by atoms with Crippen LogP contribution in [0.5, 0.6) is 0 Å². The molecule has 0 N–H and O–H groups in total. The molecule has 140 valence electrons. The number of ether oxygens (including phenoxy) is 1. The molecule has 0 heterocycles. The predicted octanol–water partition coefficient (Wildman–Crippen LogP) is 6.71. The zero-order chi connectivity index (χ0) is 18.8. The monoisotopic (exact) mass is 384 g/mol. The van der Waals surface area contributed by atoms with Gasteiger partial charge in [0.15, 0.2) is 0 Å². The second-order valence-corrected chi connectivity index (χ2v) is 31.7. The minimum Gasteiger partial charge on any atom is -0.520 e. The summed E-state index contributed by atoms with van der Waals surface area (Å²) in [6, 6.07) is 0. The Kier molecular flexibility index (Phi) is 6.84. The first kappa shape index (κ1) is 21.8. The largest absolute Gasteiger partial charge is 0.520 e. The Morgan fingerprint density at radius 2 is 1.71 bits per heavy atom. The molecule has 1 atom stereocenters. The Morgan fingerprint density at radius 1 is 1.12 bits per heavy atom. The van der Waals surface area contributed by atoms with Crippen molar-refractivity contribution >= 4 is 23.5 Å². The molecule has 0 saturated heterocycles. The van der Waals surface area contributed by atoms with Crippen LogP contribution in [0.3, 0.4) is 0 Å². The van der Waals surface area contributed by atoms with Crippen LogP contribution in [0.1, 0.15) is 33.1 Å². The smallest absolute Gasteiger partial charge is 0.265 e. The van der Waals surface area contributed by atoms with E-state index >= 15 is 0 Å². The summed E-state index contributed by atoms with van der Waals surface area (Å²) in [4.78, 5) is 0. The van der Waals surface area contributed by atoms with Crippen molar-refractivity contribution in [2.75, 3.05) is 6.61 Å². The zero-order valence-electron chi connectivity index (χ0n) is 17.8. The van der Waals surface area contributed by atoms with Crippen molar-refractivity contribution in [3.63, 3.8) is 0 Å². The first-order chi connectivity index (χ1) is 10.7. The number of rotatable bonds is 7. The summed E-state index contributed by atoms with van der Waals surface area (Å²) in [6.45, 7) is 24.8. The summed E-state index contributed by atoms with van der Waals surface area (Å²) in [5, 5.41) is 0.481. The molecule has 0 amide bonds. The quantitative estimate of drug-likeness (QED) is 0.358. The predicted molar refractivity (Wildman–Crippen MR) is 115 cm³/mol. The first-order valence-corrected chi connectivity index (χ1v) is 20.4. The van der Waals surface area contributed by atoms with E-state index in [0.717, 1.165) is 5.95 Å². The Bertz CT molecular complexity index is 496. The van der Waals surface area contributed by atoms with Crippen molar-refractivity contribution in [1.29, 1.82) is 0 Å². The van der Waals surface area contributed by atoms with Gasteiger partial charge in [0.1, 0.15) is 0 Å². The van der Waals surface area contributed by atoms with Crippen molar-refractivity contribution in [1.82, 2.24) is 0 Å². The maximum atomic E-state index is 6.16. The van der Waals surface area contributed by atoms with Crippen LogP contribution in [0.15, 0.2) is 23.7 Å². The number of hydrogen-bond acceptors (Lipinski definition) is 2. The summed E-state index contributed by atoms with van der Waals surface area (Å²) in [5.41, 5.74) is 1.42. The van der Waals surface area contributed by atoms with Gasteiger partial charge in [-0.05, 0) is 56.4 Å². The molecule has 1 rings (SSSR count). The first-order valence-electron chi connectivity index (χ1n) is 9.44. The van der Waals surface area contributed by atoms with E-state index in [-0.39, 0.29) is 0 Å². The van der Waals surface area contributed by atoms with E-state index in [0.29, 0.717) is 11.6 Å². The maximum absolute atomic E-state index is 6.16. The summed E-state index contributed by atoms with van der Waals surface area (Å²) >= 11 is 0. The Hall–Kier alpha value is -0.269. The summed E-state index contributed by atoms with van der Waals surface area (Å²) in [7, 11) is -4.07. The maximum Gasteiger partial charge on any atom is 0.265 e. The van der Waals surface area contributed by atoms with Gasteiger partial charge >= 0.3 is 0 Å². The van der Waals surface area contributed by atoms with Crippen LogP contribution < -0.4 is 0 Å². The molecular formula is C19H40O2Si3. The van der Waals surface area contributed by atoms with Crippen LogP contribution in [0.4, 0.5) is 0 Å². The highest BCUT2D eigenvalue weighted by atomic mass is 29.3. The minimum absolute atomic E-state index is 0.481. The lowest BCUT2D eigenvalue weighted by Crippen LogP contribution is -2.60. The molecule has 0 aliphatic heterocycles. The molecule has 0 fully saturated rings. The molecule has 0 radical (unpaired) electrons. The van der Waals surface area contributed by atoms with Crippen LogP contribution in [0.25, 0.3) is 0 Å². The molecule has 0 aromatic rings. The third-order valence-corrected chi connectivity index (χ3v) is 27.1. The fourth-order valence-corrected chi connectivity index (χ4v) is 13.5. The highest BCUT2D eigenvalue weighted by Gasteiger charge is 2.51. The Balaban J connectivity index is 3.06. The van der Waals surface area contributed by atoms with Gasteiger partial charge in [0.05, 0.1) is 6.61 Å². The summed E-state index contributed by atoms with van der Waals surface area (Å²) in [5.74, 6) is 0.736. The van der Waals surface area contributed by atoms with Gasteiger partial charge in [0.25, 0.3) is 5.95 Å². The van der Waals surface area contributed by atoms with Gasteiger partial charge in [-0.1, -0.05) is 45.7 Å². The van der Waals surface area contributed by atoms with Crippen LogP contribution in [-0.2, 0) is 9.16 Å². The third kappa shape index (κ3) is 5.36. The van der Waals surface area contributed by atoms with Crippen molar-refractivity contribution in [2.24, 2.45) is 0 Å². The molecule has 1 aliphatic carbocycles. The molecule has 1 unspecified atom stereocenters. The van der Waals surface area contributed by atoms with Gasteiger partial charge in [0, 0.05) is 21.3 Å². The fraction of sp³-hybridized carbons (Fsp3) is 0.789. The standard InChI is InChI=1S/C19H40O2Si3/c1-11-20-18(21-22(3,4)5)15-17-13-12-14-19(2,16-17)24(9,10)23(6,7)8/h13,15H,11-12,14,16H2,1-10H3/b18-15+. The van der Waals surface area contributed by atoms with Gasteiger partial charge in [-0.25, -0.2) is 0 Å². The molecule has 0 spiro atoms. The van der Waals surface area contributed by atoms with E-state index in [1.54, 1.807) is 0 Å². The molecular weight excluding hydrogens is 344 g/mol. The molecule has 2 nitrogen and oxygen atoms in total. The molecule has 0 aromatic heterocycles. The van der Waals surface area contributed by atoms with E-state index in [1.807, 2.05) is 6.92 Å². The lowest BCUT2D eigenvalue weighted by atomic mass is 9.89. The Labute approximate surface area is 153 Å². The van der Waals surface area contributed by atoms with Crippen molar-refractivity contribution in [3.8, 4) is 0 Å². The van der Waals surface area contributed by atoms with E-state index in [1.165, 1.54) is 24.8 Å². The number of hydrogen-bond donors (Lipinski definition) is 0. The third-order valence-electron chi connectivity index (χ3n) is 6.08. The van der Waals surface area contributed by atoms with Gasteiger partial charge < -0.3 is 9.16 Å². The van der Waals surface area contributed by atoms with E-state index < -0.39 is 23.5 Å². The second-order valence-electron chi connectivity index (χ2n) is 10.0. The highest BCUT2D eigenvalue weighted by Crippen LogP contribution is 2.53.